The highest BCUT2D eigenvalue weighted by atomic mass is 16.1. The van der Waals surface area contributed by atoms with E-state index in [-0.39, 0.29) is 23.7 Å². The highest BCUT2D eigenvalue weighted by molar-refractivity contribution is 5.99. The fourth-order valence-electron chi connectivity index (χ4n) is 4.09. The zero-order valence-electron chi connectivity index (χ0n) is 15.7. The Morgan fingerprint density at radius 2 is 1.63 bits per heavy atom. The number of anilines is 1. The zero-order chi connectivity index (χ0) is 18.8. The molecule has 0 amide bonds. The molecule has 1 aliphatic rings. The molecular formula is C24H24N2O. The first-order chi connectivity index (χ1) is 13.1. The predicted molar refractivity (Wildman–Crippen MR) is 109 cm³/mol. The van der Waals surface area contributed by atoms with Crippen molar-refractivity contribution in [3.8, 4) is 0 Å². The third-order valence-corrected chi connectivity index (χ3v) is 5.42. The molecule has 3 atom stereocenters. The molecular weight excluding hydrogens is 332 g/mol. The van der Waals surface area contributed by atoms with Crippen LogP contribution in [0.15, 0.2) is 72.8 Å². The molecule has 136 valence electrons. The van der Waals surface area contributed by atoms with E-state index >= 15 is 0 Å². The fourth-order valence-corrected chi connectivity index (χ4v) is 4.09. The number of benzene rings is 2. The Morgan fingerprint density at radius 3 is 2.33 bits per heavy atom. The van der Waals surface area contributed by atoms with Crippen LogP contribution in [0.5, 0.6) is 0 Å². The van der Waals surface area contributed by atoms with Gasteiger partial charge in [-0.3, -0.25) is 4.79 Å². The quantitative estimate of drug-likeness (QED) is 0.695. The van der Waals surface area contributed by atoms with Gasteiger partial charge in [0.15, 0.2) is 5.78 Å². The minimum absolute atomic E-state index is 0.0911. The Hall–Kier alpha value is -2.94. The van der Waals surface area contributed by atoms with Crippen LogP contribution in [0.3, 0.4) is 0 Å². The average molecular weight is 356 g/mol. The number of aryl methyl sites for hydroxylation is 1. The van der Waals surface area contributed by atoms with Crippen LogP contribution in [-0.4, -0.2) is 10.8 Å². The zero-order valence-corrected chi connectivity index (χ0v) is 15.7. The van der Waals surface area contributed by atoms with E-state index in [4.69, 9.17) is 0 Å². The molecule has 4 rings (SSSR count). The van der Waals surface area contributed by atoms with Gasteiger partial charge in [-0.15, -0.1) is 0 Å². The maximum atomic E-state index is 13.5. The average Bonchev–Trinajstić information content (AvgIpc) is 2.69. The Morgan fingerprint density at radius 1 is 0.963 bits per heavy atom. The van der Waals surface area contributed by atoms with Gasteiger partial charge in [-0.2, -0.15) is 0 Å². The molecule has 2 aromatic carbocycles. The van der Waals surface area contributed by atoms with Gasteiger partial charge in [-0.05, 0) is 48.6 Å². The molecule has 0 radical (unpaired) electrons. The van der Waals surface area contributed by atoms with E-state index in [1.807, 2.05) is 61.5 Å². The molecule has 0 fully saturated rings. The number of hydrogen-bond donors (Lipinski definition) is 1. The van der Waals surface area contributed by atoms with E-state index < -0.39 is 0 Å². The molecule has 0 aliphatic heterocycles. The molecule has 1 heterocycles. The molecule has 0 bridgehead atoms. The molecule has 0 saturated heterocycles. The number of nitrogens with one attached hydrogen (secondary N) is 1. The monoisotopic (exact) mass is 356 g/mol. The van der Waals surface area contributed by atoms with Gasteiger partial charge in [-0.1, -0.05) is 61.5 Å². The molecule has 3 aromatic rings. The Labute approximate surface area is 160 Å². The number of carbonyl (C=O) groups excluding carboxylic acids is 1. The minimum Gasteiger partial charge on any atom is -0.377 e. The lowest BCUT2D eigenvalue weighted by molar-refractivity contribution is 0.0832. The van der Waals surface area contributed by atoms with Crippen molar-refractivity contribution in [2.75, 3.05) is 5.32 Å². The first-order valence-electron chi connectivity index (χ1n) is 9.51. The molecule has 0 saturated carbocycles. The highest BCUT2D eigenvalue weighted by Gasteiger charge is 2.40. The fraction of sp³-hybridized carbons (Fsp3) is 0.250. The van der Waals surface area contributed by atoms with E-state index in [2.05, 4.69) is 35.4 Å². The molecule has 1 aliphatic carbocycles. The first-order valence-corrected chi connectivity index (χ1v) is 9.51. The van der Waals surface area contributed by atoms with E-state index in [1.54, 1.807) is 0 Å². The summed E-state index contributed by atoms with van der Waals surface area (Å²) in [5.41, 5.74) is 4.76. The van der Waals surface area contributed by atoms with Crippen molar-refractivity contribution in [3.63, 3.8) is 0 Å². The molecule has 1 aromatic heterocycles. The van der Waals surface area contributed by atoms with E-state index in [0.29, 0.717) is 5.69 Å². The summed E-state index contributed by atoms with van der Waals surface area (Å²) < 4.78 is 0. The summed E-state index contributed by atoms with van der Waals surface area (Å²) >= 11 is 0. The number of carbonyl (C=O) groups is 1. The molecule has 3 nitrogen and oxygen atoms in total. The number of nitrogens with zero attached hydrogens (tertiary/aromatic N) is 1. The van der Waals surface area contributed by atoms with Gasteiger partial charge in [-0.25, -0.2) is 4.98 Å². The normalized spacial score (nSPS) is 20.0. The van der Waals surface area contributed by atoms with Gasteiger partial charge in [0.2, 0.25) is 0 Å². The number of ketones is 1. The van der Waals surface area contributed by atoms with Crippen LogP contribution < -0.4 is 5.32 Å². The van der Waals surface area contributed by atoms with Crippen LogP contribution in [-0.2, 0) is 6.42 Å². The Kier molecular flexibility index (Phi) is 4.76. The topological polar surface area (TPSA) is 42.0 Å². The third-order valence-electron chi connectivity index (χ3n) is 5.42. The maximum absolute atomic E-state index is 13.5. The SMILES string of the molecule is Cc1ccc2c(n1)C(=O)C(C(Nc1ccccc1)c1ccccc1)C(C)C2. The second-order valence-corrected chi connectivity index (χ2v) is 7.43. The summed E-state index contributed by atoms with van der Waals surface area (Å²) in [7, 11) is 0. The second kappa shape index (κ2) is 7.36. The van der Waals surface area contributed by atoms with Crippen molar-refractivity contribution < 1.29 is 4.79 Å². The van der Waals surface area contributed by atoms with E-state index in [1.165, 1.54) is 0 Å². The van der Waals surface area contributed by atoms with Gasteiger partial charge in [0.1, 0.15) is 5.69 Å². The van der Waals surface area contributed by atoms with Crippen molar-refractivity contribution in [2.24, 2.45) is 11.8 Å². The van der Waals surface area contributed by atoms with Crippen molar-refractivity contribution in [3.05, 3.63) is 95.3 Å². The van der Waals surface area contributed by atoms with Gasteiger partial charge < -0.3 is 5.32 Å². The van der Waals surface area contributed by atoms with Crippen molar-refractivity contribution in [2.45, 2.75) is 26.3 Å². The Bertz CT molecular complexity index is 937. The minimum atomic E-state index is -0.158. The number of pyridine rings is 1. The standard InChI is InChI=1S/C24H24N2O/c1-16-15-19-14-13-17(2)25-23(19)24(27)21(16)22(18-9-5-3-6-10-18)26-20-11-7-4-8-12-20/h3-14,16,21-22,26H,15H2,1-2H3. The van der Waals surface area contributed by atoms with Crippen LogP contribution in [0.2, 0.25) is 0 Å². The van der Waals surface area contributed by atoms with E-state index in [0.717, 1.165) is 28.9 Å². The number of aromatic nitrogens is 1. The van der Waals surface area contributed by atoms with Gasteiger partial charge in [0.25, 0.3) is 0 Å². The number of para-hydroxylation sites is 1. The summed E-state index contributed by atoms with van der Waals surface area (Å²) in [4.78, 5) is 18.1. The van der Waals surface area contributed by atoms with Gasteiger partial charge in [0.05, 0.1) is 12.0 Å². The van der Waals surface area contributed by atoms with E-state index in [9.17, 15) is 4.79 Å². The maximum Gasteiger partial charge on any atom is 0.187 e. The summed E-state index contributed by atoms with van der Waals surface area (Å²) in [5, 5.41) is 3.62. The van der Waals surface area contributed by atoms with Crippen molar-refractivity contribution in [1.29, 1.82) is 0 Å². The Balaban J connectivity index is 1.76. The van der Waals surface area contributed by atoms with Gasteiger partial charge in [0, 0.05) is 11.4 Å². The lowest BCUT2D eigenvalue weighted by Crippen LogP contribution is -2.38. The van der Waals surface area contributed by atoms with Crippen LogP contribution in [0.4, 0.5) is 5.69 Å². The first kappa shape index (κ1) is 17.5. The van der Waals surface area contributed by atoms with Crippen LogP contribution in [0.1, 0.15) is 40.3 Å². The molecule has 3 heteroatoms. The number of hydrogen-bond acceptors (Lipinski definition) is 3. The predicted octanol–water partition coefficient (Wildman–Crippen LogP) is 5.23. The molecule has 3 unspecified atom stereocenters. The number of Topliss-reactive ketones (excluding diaryl/α,β-unsaturated/α-hetero) is 1. The number of rotatable bonds is 4. The summed E-state index contributed by atoms with van der Waals surface area (Å²) in [5.74, 6) is 0.218. The van der Waals surface area contributed by atoms with Gasteiger partial charge >= 0.3 is 0 Å². The van der Waals surface area contributed by atoms with Crippen LogP contribution >= 0.6 is 0 Å². The molecule has 1 N–H and O–H groups in total. The van der Waals surface area contributed by atoms with Crippen molar-refractivity contribution in [1.82, 2.24) is 4.98 Å². The smallest absolute Gasteiger partial charge is 0.187 e. The summed E-state index contributed by atoms with van der Waals surface area (Å²) in [6.07, 6.45) is 0.874. The van der Waals surface area contributed by atoms with Crippen LogP contribution in [0.25, 0.3) is 0 Å². The highest BCUT2D eigenvalue weighted by Crippen LogP contribution is 2.39. The van der Waals surface area contributed by atoms with Crippen LogP contribution in [0, 0.1) is 18.8 Å². The third kappa shape index (κ3) is 3.50. The largest absolute Gasteiger partial charge is 0.377 e. The molecule has 27 heavy (non-hydrogen) atoms. The molecule has 0 spiro atoms. The summed E-state index contributed by atoms with van der Waals surface area (Å²) in [6, 6.07) is 24.3. The van der Waals surface area contributed by atoms with Crippen molar-refractivity contribution >= 4 is 11.5 Å². The second-order valence-electron chi connectivity index (χ2n) is 7.43. The lowest BCUT2D eigenvalue weighted by Gasteiger charge is -2.36. The number of fused-ring (bicyclic) bond motifs is 1. The lowest BCUT2D eigenvalue weighted by atomic mass is 9.72. The summed E-state index contributed by atoms with van der Waals surface area (Å²) in [6.45, 7) is 4.12.